The Labute approximate surface area is 140 Å². The number of piperidine rings is 1. The van der Waals surface area contributed by atoms with Crippen LogP contribution in [-0.2, 0) is 9.53 Å². The zero-order valence-electron chi connectivity index (χ0n) is 12.3. The molecule has 7 heteroatoms. The molecule has 0 radical (unpaired) electrons. The van der Waals surface area contributed by atoms with Crippen molar-refractivity contribution in [1.82, 2.24) is 9.88 Å². The molecule has 0 N–H and O–H groups in total. The number of anilines is 1. The van der Waals surface area contributed by atoms with Crippen LogP contribution in [0.5, 0.6) is 0 Å². The van der Waals surface area contributed by atoms with Gasteiger partial charge in [-0.15, -0.1) is 0 Å². The van der Waals surface area contributed by atoms with Crippen molar-refractivity contribution in [2.45, 2.75) is 12.8 Å². The Hall–Kier alpha value is -1.04. The third kappa shape index (κ3) is 3.31. The first-order valence-electron chi connectivity index (χ1n) is 7.57. The van der Waals surface area contributed by atoms with Gasteiger partial charge in [0.2, 0.25) is 5.91 Å². The number of pyridine rings is 1. The topological polar surface area (TPSA) is 45.7 Å². The zero-order chi connectivity index (χ0) is 15.5. The molecule has 22 heavy (non-hydrogen) atoms. The van der Waals surface area contributed by atoms with E-state index in [-0.39, 0.29) is 11.8 Å². The predicted molar refractivity (Wildman–Crippen MR) is 86.6 cm³/mol. The summed E-state index contributed by atoms with van der Waals surface area (Å²) in [6.45, 7) is 4.27. The Kier molecular flexibility index (Phi) is 5.06. The summed E-state index contributed by atoms with van der Waals surface area (Å²) in [5.41, 5.74) is 0.829. The molecule has 5 nitrogen and oxygen atoms in total. The molecule has 3 rings (SSSR count). The van der Waals surface area contributed by atoms with Gasteiger partial charge < -0.3 is 14.5 Å². The smallest absolute Gasteiger partial charge is 0.225 e. The Balaban J connectivity index is 1.61. The lowest BCUT2D eigenvalue weighted by Crippen LogP contribution is -2.46. The number of aromatic nitrogens is 1. The number of nitrogens with zero attached hydrogens (tertiary/aromatic N) is 3. The van der Waals surface area contributed by atoms with Gasteiger partial charge in [-0.1, -0.05) is 23.2 Å². The summed E-state index contributed by atoms with van der Waals surface area (Å²) in [4.78, 5) is 20.6. The minimum atomic E-state index is 0.0914. The van der Waals surface area contributed by atoms with Crippen molar-refractivity contribution in [2.75, 3.05) is 44.3 Å². The van der Waals surface area contributed by atoms with E-state index in [9.17, 15) is 4.79 Å². The average molecular weight is 344 g/mol. The van der Waals surface area contributed by atoms with Gasteiger partial charge >= 0.3 is 0 Å². The Morgan fingerprint density at radius 3 is 2.27 bits per heavy atom. The number of rotatable bonds is 2. The molecule has 3 heterocycles. The van der Waals surface area contributed by atoms with Gasteiger partial charge in [0.05, 0.1) is 28.9 Å². The quantitative estimate of drug-likeness (QED) is 0.827. The fourth-order valence-electron chi connectivity index (χ4n) is 3.10. The molecule has 2 saturated heterocycles. The number of carbonyl (C=O) groups is 1. The Morgan fingerprint density at radius 2 is 1.68 bits per heavy atom. The number of hydrogen-bond acceptors (Lipinski definition) is 4. The fourth-order valence-corrected chi connectivity index (χ4v) is 3.70. The van der Waals surface area contributed by atoms with Crippen molar-refractivity contribution in [3.8, 4) is 0 Å². The van der Waals surface area contributed by atoms with Gasteiger partial charge in [-0.25, -0.2) is 0 Å². The molecule has 0 saturated carbocycles. The second-order valence-electron chi connectivity index (χ2n) is 5.65. The fraction of sp³-hybridized carbons (Fsp3) is 0.600. The van der Waals surface area contributed by atoms with Gasteiger partial charge in [0.15, 0.2) is 0 Å². The summed E-state index contributed by atoms with van der Waals surface area (Å²) >= 11 is 12.4. The summed E-state index contributed by atoms with van der Waals surface area (Å²) < 4.78 is 5.30. The van der Waals surface area contributed by atoms with Crippen LogP contribution < -0.4 is 4.90 Å². The largest absolute Gasteiger partial charge is 0.378 e. The van der Waals surface area contributed by atoms with Gasteiger partial charge in [0.1, 0.15) is 0 Å². The van der Waals surface area contributed by atoms with Crippen LogP contribution in [0.2, 0.25) is 10.0 Å². The van der Waals surface area contributed by atoms with E-state index in [1.807, 2.05) is 4.90 Å². The van der Waals surface area contributed by atoms with Crippen LogP contribution >= 0.6 is 23.2 Å². The number of hydrogen-bond donors (Lipinski definition) is 0. The first kappa shape index (κ1) is 15.8. The van der Waals surface area contributed by atoms with Crippen molar-refractivity contribution in [3.05, 3.63) is 22.4 Å². The summed E-state index contributed by atoms with van der Waals surface area (Å²) in [6.07, 6.45) is 4.86. The van der Waals surface area contributed by atoms with E-state index >= 15 is 0 Å². The molecule has 0 aromatic carbocycles. The molecular formula is C15H19Cl2N3O2. The molecule has 0 aliphatic carbocycles. The molecular weight excluding hydrogens is 325 g/mol. The Bertz CT molecular complexity index is 521. The molecule has 1 aromatic heterocycles. The molecule has 120 valence electrons. The summed E-state index contributed by atoms with van der Waals surface area (Å²) in [5.74, 6) is 0.351. The standard InChI is InChI=1S/C15H19Cl2N3O2/c16-12-9-18-10-13(17)14(12)19-3-1-11(2-4-19)15(21)20-5-7-22-8-6-20/h9-11H,1-8H2. The van der Waals surface area contributed by atoms with Crippen molar-refractivity contribution < 1.29 is 9.53 Å². The lowest BCUT2D eigenvalue weighted by atomic mass is 9.94. The highest BCUT2D eigenvalue weighted by Crippen LogP contribution is 2.35. The molecule has 0 atom stereocenters. The zero-order valence-corrected chi connectivity index (χ0v) is 13.8. The van der Waals surface area contributed by atoms with E-state index < -0.39 is 0 Å². The van der Waals surface area contributed by atoms with Crippen LogP contribution in [0.1, 0.15) is 12.8 Å². The van der Waals surface area contributed by atoms with Crippen molar-refractivity contribution in [2.24, 2.45) is 5.92 Å². The van der Waals surface area contributed by atoms with E-state index in [4.69, 9.17) is 27.9 Å². The maximum Gasteiger partial charge on any atom is 0.225 e. The highest BCUT2D eigenvalue weighted by atomic mass is 35.5. The van der Waals surface area contributed by atoms with Crippen LogP contribution in [0, 0.1) is 5.92 Å². The first-order valence-corrected chi connectivity index (χ1v) is 8.33. The molecule has 0 unspecified atom stereocenters. The highest BCUT2D eigenvalue weighted by molar-refractivity contribution is 6.38. The maximum atomic E-state index is 12.5. The molecule has 1 amide bonds. The SMILES string of the molecule is O=C(C1CCN(c2c(Cl)cncc2Cl)CC1)N1CCOCC1. The van der Waals surface area contributed by atoms with Gasteiger partial charge in [0, 0.05) is 44.5 Å². The first-order chi connectivity index (χ1) is 10.7. The van der Waals surface area contributed by atoms with Gasteiger partial charge in [-0.3, -0.25) is 9.78 Å². The minimum absolute atomic E-state index is 0.0914. The number of morpholine rings is 1. The number of amides is 1. The monoisotopic (exact) mass is 343 g/mol. The van der Waals surface area contributed by atoms with E-state index in [0.29, 0.717) is 36.3 Å². The summed E-state index contributed by atoms with van der Waals surface area (Å²) in [7, 11) is 0. The molecule has 0 spiro atoms. The maximum absolute atomic E-state index is 12.5. The predicted octanol–water partition coefficient (Wildman–Crippen LogP) is 2.46. The molecule has 1 aromatic rings. The van der Waals surface area contributed by atoms with Gasteiger partial charge in [0.25, 0.3) is 0 Å². The molecule has 2 fully saturated rings. The van der Waals surface area contributed by atoms with E-state index in [2.05, 4.69) is 9.88 Å². The van der Waals surface area contributed by atoms with Crippen molar-refractivity contribution >= 4 is 34.8 Å². The molecule has 2 aliphatic rings. The van der Waals surface area contributed by atoms with Crippen LogP contribution in [0.4, 0.5) is 5.69 Å². The third-order valence-corrected chi connectivity index (χ3v) is 4.86. The summed E-state index contributed by atoms with van der Waals surface area (Å²) in [5, 5.41) is 1.12. The molecule has 0 bridgehead atoms. The van der Waals surface area contributed by atoms with Crippen molar-refractivity contribution in [1.29, 1.82) is 0 Å². The second-order valence-corrected chi connectivity index (χ2v) is 6.47. The number of halogens is 2. The lowest BCUT2D eigenvalue weighted by Gasteiger charge is -2.36. The average Bonchev–Trinajstić information content (AvgIpc) is 2.55. The normalized spacial score (nSPS) is 20.3. The van der Waals surface area contributed by atoms with E-state index in [1.165, 1.54) is 0 Å². The lowest BCUT2D eigenvalue weighted by molar-refractivity contribution is -0.140. The highest BCUT2D eigenvalue weighted by Gasteiger charge is 2.30. The van der Waals surface area contributed by atoms with E-state index in [1.54, 1.807) is 12.4 Å². The van der Waals surface area contributed by atoms with Gasteiger partial charge in [-0.2, -0.15) is 0 Å². The van der Waals surface area contributed by atoms with E-state index in [0.717, 1.165) is 31.6 Å². The number of ether oxygens (including phenoxy) is 1. The second kappa shape index (κ2) is 7.02. The van der Waals surface area contributed by atoms with Gasteiger partial charge in [-0.05, 0) is 12.8 Å². The molecule has 2 aliphatic heterocycles. The third-order valence-electron chi connectivity index (χ3n) is 4.31. The van der Waals surface area contributed by atoms with Crippen LogP contribution in [0.25, 0.3) is 0 Å². The van der Waals surface area contributed by atoms with Crippen LogP contribution in [-0.4, -0.2) is 55.2 Å². The minimum Gasteiger partial charge on any atom is -0.378 e. The van der Waals surface area contributed by atoms with Crippen LogP contribution in [0.3, 0.4) is 0 Å². The van der Waals surface area contributed by atoms with Crippen molar-refractivity contribution in [3.63, 3.8) is 0 Å². The van der Waals surface area contributed by atoms with Crippen LogP contribution in [0.15, 0.2) is 12.4 Å². The number of carbonyl (C=O) groups excluding carboxylic acids is 1. The summed E-state index contributed by atoms with van der Waals surface area (Å²) in [6, 6.07) is 0. The Morgan fingerprint density at radius 1 is 1.09 bits per heavy atom.